The molecule has 0 bridgehead atoms. The topological polar surface area (TPSA) is 31.4 Å². The van der Waals surface area contributed by atoms with E-state index in [1.54, 1.807) is 0 Å². The number of nitrogens with zero attached hydrogens (tertiary/aromatic N) is 3. The lowest BCUT2D eigenvalue weighted by atomic mass is 10.0. The van der Waals surface area contributed by atoms with E-state index in [9.17, 15) is 0 Å². The Hall–Kier alpha value is -1.13. The molecule has 1 N–H and O–H groups in total. The molecule has 112 valence electrons. The predicted octanol–water partition coefficient (Wildman–Crippen LogP) is 2.03. The van der Waals surface area contributed by atoms with Crippen LogP contribution in [-0.2, 0) is 6.54 Å². The van der Waals surface area contributed by atoms with Crippen LogP contribution in [0.15, 0.2) is 12.3 Å². The molecule has 1 aliphatic rings. The Labute approximate surface area is 123 Å². The minimum Gasteiger partial charge on any atom is -0.355 e. The van der Waals surface area contributed by atoms with Crippen LogP contribution in [0, 0.1) is 6.92 Å². The fourth-order valence-electron chi connectivity index (χ4n) is 2.89. The van der Waals surface area contributed by atoms with Crippen LogP contribution in [0.1, 0.15) is 30.9 Å². The van der Waals surface area contributed by atoms with Crippen molar-refractivity contribution >= 4 is 5.82 Å². The number of hydrogen-bond acceptors (Lipinski definition) is 4. The number of anilines is 1. The molecule has 1 fully saturated rings. The number of pyridine rings is 1. The van der Waals surface area contributed by atoms with Gasteiger partial charge in [0.2, 0.25) is 0 Å². The summed E-state index contributed by atoms with van der Waals surface area (Å²) in [5, 5.41) is 3.35. The summed E-state index contributed by atoms with van der Waals surface area (Å²) in [4.78, 5) is 9.50. The molecule has 2 rings (SSSR count). The summed E-state index contributed by atoms with van der Waals surface area (Å²) in [6, 6.07) is 2.91. The van der Waals surface area contributed by atoms with Gasteiger partial charge in [-0.15, -0.1) is 0 Å². The average Bonchev–Trinajstić information content (AvgIpc) is 2.45. The molecule has 1 aromatic rings. The van der Waals surface area contributed by atoms with E-state index in [0.717, 1.165) is 32.0 Å². The van der Waals surface area contributed by atoms with Crippen molar-refractivity contribution in [3.63, 3.8) is 0 Å². The van der Waals surface area contributed by atoms with E-state index in [1.807, 2.05) is 6.20 Å². The first-order chi connectivity index (χ1) is 9.61. The fourth-order valence-corrected chi connectivity index (χ4v) is 2.89. The zero-order chi connectivity index (χ0) is 14.5. The van der Waals surface area contributed by atoms with Gasteiger partial charge in [-0.3, -0.25) is 0 Å². The molecule has 1 unspecified atom stereocenters. The Balaban J connectivity index is 2.08. The van der Waals surface area contributed by atoms with E-state index in [1.165, 1.54) is 24.0 Å². The van der Waals surface area contributed by atoms with Crippen molar-refractivity contribution in [3.8, 4) is 0 Å². The minimum atomic E-state index is 0.645. The number of aryl methyl sites for hydroxylation is 1. The molecule has 2 heterocycles. The summed E-state index contributed by atoms with van der Waals surface area (Å²) in [7, 11) is 4.35. The molecule has 0 amide bonds. The van der Waals surface area contributed by atoms with Crippen LogP contribution in [0.4, 0.5) is 5.82 Å². The SMILES string of the molecule is CCNCc1cnc(N2CCCC(N(C)C)C2)c(C)c1. The second-order valence-corrected chi connectivity index (χ2v) is 5.97. The van der Waals surface area contributed by atoms with Crippen LogP contribution in [0.5, 0.6) is 0 Å². The van der Waals surface area contributed by atoms with Crippen molar-refractivity contribution in [1.29, 1.82) is 0 Å². The van der Waals surface area contributed by atoms with Crippen molar-refractivity contribution in [1.82, 2.24) is 15.2 Å². The number of nitrogens with one attached hydrogen (secondary N) is 1. The maximum Gasteiger partial charge on any atom is 0.131 e. The first kappa shape index (κ1) is 15.3. The van der Waals surface area contributed by atoms with E-state index in [0.29, 0.717) is 6.04 Å². The van der Waals surface area contributed by atoms with Crippen molar-refractivity contribution in [2.45, 2.75) is 39.3 Å². The van der Waals surface area contributed by atoms with Crippen LogP contribution >= 0.6 is 0 Å². The summed E-state index contributed by atoms with van der Waals surface area (Å²) in [6.45, 7) is 8.43. The fraction of sp³-hybridized carbons (Fsp3) is 0.688. The van der Waals surface area contributed by atoms with Crippen LogP contribution in [0.25, 0.3) is 0 Å². The van der Waals surface area contributed by atoms with Gasteiger partial charge >= 0.3 is 0 Å². The molecule has 0 spiro atoms. The molecule has 0 saturated carbocycles. The number of rotatable bonds is 5. The molecule has 0 aromatic carbocycles. The molecule has 4 heteroatoms. The molecule has 20 heavy (non-hydrogen) atoms. The molecule has 4 nitrogen and oxygen atoms in total. The molecule has 0 aliphatic carbocycles. The summed E-state index contributed by atoms with van der Waals surface area (Å²) in [5.41, 5.74) is 2.56. The average molecular weight is 276 g/mol. The van der Waals surface area contributed by atoms with E-state index < -0.39 is 0 Å². The van der Waals surface area contributed by atoms with Gasteiger partial charge in [-0.1, -0.05) is 6.92 Å². The zero-order valence-electron chi connectivity index (χ0n) is 13.3. The number of hydrogen-bond donors (Lipinski definition) is 1. The number of likely N-dealkylation sites (N-methyl/N-ethyl adjacent to an activating group) is 1. The normalized spacial score (nSPS) is 19.6. The Morgan fingerprint density at radius 3 is 2.90 bits per heavy atom. The Kier molecular flexibility index (Phi) is 5.38. The lowest BCUT2D eigenvalue weighted by Gasteiger charge is -2.37. The zero-order valence-corrected chi connectivity index (χ0v) is 13.3. The molecular weight excluding hydrogens is 248 g/mol. The van der Waals surface area contributed by atoms with Crippen LogP contribution in [0.2, 0.25) is 0 Å². The van der Waals surface area contributed by atoms with Crippen LogP contribution in [0.3, 0.4) is 0 Å². The third-order valence-electron chi connectivity index (χ3n) is 4.11. The van der Waals surface area contributed by atoms with Gasteiger partial charge in [0.05, 0.1) is 0 Å². The monoisotopic (exact) mass is 276 g/mol. The second kappa shape index (κ2) is 7.04. The van der Waals surface area contributed by atoms with Crippen LogP contribution < -0.4 is 10.2 Å². The van der Waals surface area contributed by atoms with Gasteiger partial charge < -0.3 is 15.1 Å². The van der Waals surface area contributed by atoms with E-state index in [2.05, 4.69) is 49.1 Å². The largest absolute Gasteiger partial charge is 0.355 e. The van der Waals surface area contributed by atoms with E-state index >= 15 is 0 Å². The van der Waals surface area contributed by atoms with Gasteiger partial charge in [-0.05, 0) is 57.6 Å². The van der Waals surface area contributed by atoms with Gasteiger partial charge in [-0.2, -0.15) is 0 Å². The summed E-state index contributed by atoms with van der Waals surface area (Å²) in [6.07, 6.45) is 4.56. The Morgan fingerprint density at radius 2 is 2.25 bits per heavy atom. The Morgan fingerprint density at radius 1 is 1.45 bits per heavy atom. The molecule has 0 radical (unpaired) electrons. The summed E-state index contributed by atoms with van der Waals surface area (Å²) >= 11 is 0. The smallest absolute Gasteiger partial charge is 0.131 e. The maximum absolute atomic E-state index is 4.72. The number of piperidine rings is 1. The van der Waals surface area contributed by atoms with Gasteiger partial charge in [0, 0.05) is 31.9 Å². The van der Waals surface area contributed by atoms with Gasteiger partial charge in [0.25, 0.3) is 0 Å². The maximum atomic E-state index is 4.72. The highest BCUT2D eigenvalue weighted by Crippen LogP contribution is 2.23. The highest BCUT2D eigenvalue weighted by atomic mass is 15.2. The lowest BCUT2D eigenvalue weighted by molar-refractivity contribution is 0.257. The molecule has 1 saturated heterocycles. The predicted molar refractivity (Wildman–Crippen MR) is 85.3 cm³/mol. The minimum absolute atomic E-state index is 0.645. The molecular formula is C16H28N4. The first-order valence-corrected chi connectivity index (χ1v) is 7.69. The summed E-state index contributed by atoms with van der Waals surface area (Å²) in [5.74, 6) is 1.16. The van der Waals surface area contributed by atoms with Crippen molar-refractivity contribution in [2.24, 2.45) is 0 Å². The number of aromatic nitrogens is 1. The molecule has 1 aromatic heterocycles. The van der Waals surface area contributed by atoms with Crippen molar-refractivity contribution in [3.05, 3.63) is 23.4 Å². The highest BCUT2D eigenvalue weighted by Gasteiger charge is 2.23. The van der Waals surface area contributed by atoms with Crippen molar-refractivity contribution in [2.75, 3.05) is 38.6 Å². The standard InChI is InChI=1S/C16H28N4/c1-5-17-10-14-9-13(2)16(18-11-14)20-8-6-7-15(12-20)19(3)4/h9,11,15,17H,5-8,10,12H2,1-4H3. The van der Waals surface area contributed by atoms with Gasteiger partial charge in [0.1, 0.15) is 5.82 Å². The van der Waals surface area contributed by atoms with E-state index in [4.69, 9.17) is 4.98 Å². The lowest BCUT2D eigenvalue weighted by Crippen LogP contribution is -2.45. The van der Waals surface area contributed by atoms with Crippen molar-refractivity contribution < 1.29 is 0 Å². The van der Waals surface area contributed by atoms with Gasteiger partial charge in [-0.25, -0.2) is 4.98 Å². The molecule has 1 atom stereocenters. The molecule has 1 aliphatic heterocycles. The van der Waals surface area contributed by atoms with E-state index in [-0.39, 0.29) is 0 Å². The van der Waals surface area contributed by atoms with Crippen LogP contribution in [-0.4, -0.2) is 49.7 Å². The summed E-state index contributed by atoms with van der Waals surface area (Å²) < 4.78 is 0. The Bertz CT molecular complexity index is 430. The third kappa shape index (κ3) is 3.70. The first-order valence-electron chi connectivity index (χ1n) is 7.69. The van der Waals surface area contributed by atoms with Gasteiger partial charge in [0.15, 0.2) is 0 Å². The second-order valence-electron chi connectivity index (χ2n) is 5.97. The highest BCUT2D eigenvalue weighted by molar-refractivity contribution is 5.48. The third-order valence-corrected chi connectivity index (χ3v) is 4.11. The quantitative estimate of drug-likeness (QED) is 0.891.